The van der Waals surface area contributed by atoms with E-state index in [1.54, 1.807) is 18.2 Å². The highest BCUT2D eigenvalue weighted by molar-refractivity contribution is 7.71. The predicted octanol–water partition coefficient (Wildman–Crippen LogP) is 3.46. The normalized spacial score (nSPS) is 10.6. The van der Waals surface area contributed by atoms with Crippen molar-refractivity contribution in [2.75, 3.05) is 17.8 Å². The molecular weight excluding hydrogens is 362 g/mol. The summed E-state index contributed by atoms with van der Waals surface area (Å²) in [5.41, 5.74) is 11.5. The molecule has 0 saturated heterocycles. The number of nitrogens with zero attached hydrogens (tertiary/aromatic N) is 3. The average Bonchev–Trinajstić information content (AvgIpc) is 2.90. The van der Waals surface area contributed by atoms with Crippen molar-refractivity contribution in [1.82, 2.24) is 14.5 Å². The summed E-state index contributed by atoms with van der Waals surface area (Å²) < 4.78 is 8.71. The van der Waals surface area contributed by atoms with Crippen molar-refractivity contribution in [3.63, 3.8) is 0 Å². The first kappa shape index (κ1) is 18.7. The lowest BCUT2D eigenvalue weighted by molar-refractivity contribution is 0.0963. The number of anilines is 2. The molecule has 140 valence electrons. The minimum Gasteiger partial charge on any atom is -0.493 e. The van der Waals surface area contributed by atoms with E-state index in [0.29, 0.717) is 22.7 Å². The lowest BCUT2D eigenvalue weighted by Crippen LogP contribution is -2.15. The molecule has 3 N–H and O–H groups in total. The Morgan fingerprint density at radius 3 is 2.78 bits per heavy atom. The molecule has 0 aliphatic rings. The zero-order valence-corrected chi connectivity index (χ0v) is 16.0. The minimum absolute atomic E-state index is 0.0321. The van der Waals surface area contributed by atoms with Crippen LogP contribution in [0.2, 0.25) is 0 Å². The van der Waals surface area contributed by atoms with Crippen molar-refractivity contribution in [3.05, 3.63) is 64.4 Å². The van der Waals surface area contributed by atoms with E-state index in [0.717, 1.165) is 11.3 Å². The van der Waals surface area contributed by atoms with Gasteiger partial charge in [-0.2, -0.15) is 4.68 Å². The lowest BCUT2D eigenvalue weighted by Gasteiger charge is -2.09. The van der Waals surface area contributed by atoms with Crippen LogP contribution in [0, 0.1) is 11.7 Å². The fourth-order valence-corrected chi connectivity index (χ4v) is 2.92. The molecule has 27 heavy (non-hydrogen) atoms. The number of ether oxygens (including phenoxy) is 1. The second-order valence-corrected chi connectivity index (χ2v) is 6.33. The van der Waals surface area contributed by atoms with Crippen molar-refractivity contribution in [2.45, 2.75) is 20.4 Å². The number of nitrogen functional groups attached to an aromatic ring is 1. The minimum atomic E-state index is -0.157. The maximum Gasteiger partial charge on any atom is 0.240 e. The summed E-state index contributed by atoms with van der Waals surface area (Å²) in [4.78, 5) is 12.7. The second-order valence-electron chi connectivity index (χ2n) is 5.97. The van der Waals surface area contributed by atoms with Crippen LogP contribution in [0.4, 0.5) is 11.6 Å². The third-order valence-electron chi connectivity index (χ3n) is 3.90. The molecule has 1 aromatic heterocycles. The van der Waals surface area contributed by atoms with Gasteiger partial charge < -0.3 is 10.5 Å². The highest BCUT2D eigenvalue weighted by Crippen LogP contribution is 2.19. The summed E-state index contributed by atoms with van der Waals surface area (Å²) in [6, 6.07) is 14.9. The fraction of sp³-hybridized carbons (Fsp3) is 0.211. The number of hydrogen-bond acceptors (Lipinski definition) is 6. The molecule has 0 amide bonds. The maximum absolute atomic E-state index is 12.7. The van der Waals surface area contributed by atoms with Gasteiger partial charge in [0.25, 0.3) is 0 Å². The Kier molecular flexibility index (Phi) is 5.56. The van der Waals surface area contributed by atoms with Crippen LogP contribution in [0.25, 0.3) is 0 Å². The van der Waals surface area contributed by atoms with Crippen LogP contribution in [-0.4, -0.2) is 26.8 Å². The maximum atomic E-state index is 12.7. The number of Topliss-reactive ketones (excluding diaryl/α,β-unsaturated/α-hetero) is 1. The van der Waals surface area contributed by atoms with E-state index < -0.39 is 0 Å². The van der Waals surface area contributed by atoms with Crippen molar-refractivity contribution >= 4 is 29.6 Å². The van der Waals surface area contributed by atoms with Crippen molar-refractivity contribution in [1.29, 1.82) is 0 Å². The van der Waals surface area contributed by atoms with E-state index in [-0.39, 0.29) is 18.3 Å². The van der Waals surface area contributed by atoms with Gasteiger partial charge >= 0.3 is 0 Å². The molecule has 0 radical (unpaired) electrons. The van der Waals surface area contributed by atoms with Gasteiger partial charge in [0.15, 0.2) is 5.78 Å². The third-order valence-corrected chi connectivity index (χ3v) is 4.30. The van der Waals surface area contributed by atoms with E-state index in [1.165, 1.54) is 9.36 Å². The highest BCUT2D eigenvalue weighted by atomic mass is 32.1. The van der Waals surface area contributed by atoms with Crippen LogP contribution >= 0.6 is 12.2 Å². The van der Waals surface area contributed by atoms with Crippen LogP contribution in [0.3, 0.4) is 0 Å². The molecule has 0 atom stereocenters. The molecule has 3 aromatic rings. The first-order valence-corrected chi connectivity index (χ1v) is 8.94. The lowest BCUT2D eigenvalue weighted by atomic mass is 10.1. The zero-order valence-electron chi connectivity index (χ0n) is 15.2. The zero-order chi connectivity index (χ0) is 19.4. The number of aromatic nitrogens is 3. The Labute approximate surface area is 162 Å². The van der Waals surface area contributed by atoms with Gasteiger partial charge in [-0.3, -0.25) is 10.2 Å². The van der Waals surface area contributed by atoms with E-state index in [1.807, 2.05) is 44.2 Å². The summed E-state index contributed by atoms with van der Waals surface area (Å²) in [5, 5.41) is 4.20. The fourth-order valence-electron chi connectivity index (χ4n) is 2.68. The Balaban J connectivity index is 1.85. The van der Waals surface area contributed by atoms with Crippen LogP contribution < -0.4 is 15.9 Å². The van der Waals surface area contributed by atoms with Gasteiger partial charge in [0.05, 0.1) is 17.9 Å². The topological polar surface area (TPSA) is 87.1 Å². The van der Waals surface area contributed by atoms with Crippen LogP contribution in [-0.2, 0) is 6.54 Å². The second kappa shape index (κ2) is 8.05. The number of benzene rings is 2. The molecule has 0 aliphatic carbocycles. The standard InChI is InChI=1S/C19H21N5O2S/c1-3-26-17-10-5-4-9-15(17)16(25)12-23-19(27)24(18(20)22-23)21-14-8-6-7-13(2)11-14/h4-11,21H,3,12H2,1-2H3,(H2,20,22). The van der Waals surface area contributed by atoms with E-state index in [2.05, 4.69) is 10.5 Å². The molecule has 0 spiro atoms. The van der Waals surface area contributed by atoms with Crippen molar-refractivity contribution in [3.8, 4) is 5.75 Å². The first-order valence-electron chi connectivity index (χ1n) is 8.53. The number of aryl methyl sites for hydroxylation is 1. The molecule has 3 rings (SSSR count). The number of rotatable bonds is 7. The van der Waals surface area contributed by atoms with Crippen LogP contribution in [0.15, 0.2) is 48.5 Å². The van der Waals surface area contributed by atoms with E-state index in [4.69, 9.17) is 22.7 Å². The molecule has 2 aromatic carbocycles. The van der Waals surface area contributed by atoms with Crippen LogP contribution in [0.5, 0.6) is 5.75 Å². The smallest absolute Gasteiger partial charge is 0.240 e. The quantitative estimate of drug-likeness (QED) is 0.480. The SMILES string of the molecule is CCOc1ccccc1C(=O)Cn1nc(N)n(Nc2cccc(C)c2)c1=S. The van der Waals surface area contributed by atoms with Crippen LogP contribution in [0.1, 0.15) is 22.8 Å². The summed E-state index contributed by atoms with van der Waals surface area (Å²) in [6.45, 7) is 4.31. The molecular formula is C19H21N5O2S. The number of carbonyl (C=O) groups excluding carboxylic acids is 1. The molecule has 8 heteroatoms. The number of ketones is 1. The molecule has 7 nitrogen and oxygen atoms in total. The van der Waals surface area contributed by atoms with Gasteiger partial charge in [-0.05, 0) is 55.9 Å². The van der Waals surface area contributed by atoms with Crippen molar-refractivity contribution < 1.29 is 9.53 Å². The summed E-state index contributed by atoms with van der Waals surface area (Å²) in [6.07, 6.45) is 0. The van der Waals surface area contributed by atoms with Gasteiger partial charge in [0, 0.05) is 0 Å². The first-order chi connectivity index (χ1) is 13.0. The summed E-state index contributed by atoms with van der Waals surface area (Å²) in [7, 11) is 0. The number of nitrogens with two attached hydrogens (primary N) is 1. The van der Waals surface area contributed by atoms with E-state index in [9.17, 15) is 4.79 Å². The number of hydrogen-bond donors (Lipinski definition) is 2. The number of carbonyl (C=O) groups is 1. The molecule has 0 fully saturated rings. The van der Waals surface area contributed by atoms with Crippen molar-refractivity contribution in [2.24, 2.45) is 0 Å². The Morgan fingerprint density at radius 1 is 1.26 bits per heavy atom. The van der Waals surface area contributed by atoms with Gasteiger partial charge in [-0.15, -0.1) is 5.10 Å². The summed E-state index contributed by atoms with van der Waals surface area (Å²) in [5.74, 6) is 0.560. The van der Waals surface area contributed by atoms with Gasteiger partial charge in [0.2, 0.25) is 10.7 Å². The van der Waals surface area contributed by atoms with Gasteiger partial charge in [-0.1, -0.05) is 24.3 Å². The van der Waals surface area contributed by atoms with E-state index >= 15 is 0 Å². The molecule has 1 heterocycles. The number of nitrogens with one attached hydrogen (secondary N) is 1. The largest absolute Gasteiger partial charge is 0.493 e. The third kappa shape index (κ3) is 4.17. The molecule has 0 aliphatic heterocycles. The van der Waals surface area contributed by atoms with Gasteiger partial charge in [-0.25, -0.2) is 4.68 Å². The predicted molar refractivity (Wildman–Crippen MR) is 108 cm³/mol. The monoisotopic (exact) mass is 383 g/mol. The summed E-state index contributed by atoms with van der Waals surface area (Å²) >= 11 is 5.43. The number of para-hydroxylation sites is 1. The Morgan fingerprint density at radius 2 is 2.04 bits per heavy atom. The van der Waals surface area contributed by atoms with Gasteiger partial charge in [0.1, 0.15) is 12.3 Å². The highest BCUT2D eigenvalue weighted by Gasteiger charge is 2.16. The molecule has 0 saturated carbocycles. The molecule has 0 unspecified atom stereocenters. The average molecular weight is 383 g/mol. The molecule has 0 bridgehead atoms. The Hall–Kier alpha value is -3.13. The Bertz CT molecular complexity index is 1020.